The van der Waals surface area contributed by atoms with Gasteiger partial charge in [0.2, 0.25) is 5.91 Å². The van der Waals surface area contributed by atoms with Crippen molar-refractivity contribution in [3.05, 3.63) is 23.8 Å². The Kier molecular flexibility index (Phi) is 4.76. The van der Waals surface area contributed by atoms with Gasteiger partial charge in [0, 0.05) is 24.8 Å². The lowest BCUT2D eigenvalue weighted by molar-refractivity contribution is -0.114. The van der Waals surface area contributed by atoms with Gasteiger partial charge in [-0.05, 0) is 36.5 Å². The highest BCUT2D eigenvalue weighted by molar-refractivity contribution is 5.89. The molecule has 0 radical (unpaired) electrons. The van der Waals surface area contributed by atoms with Gasteiger partial charge < -0.3 is 10.6 Å². The van der Waals surface area contributed by atoms with Crippen molar-refractivity contribution < 1.29 is 4.79 Å². The van der Waals surface area contributed by atoms with Crippen LogP contribution >= 0.6 is 0 Å². The zero-order chi connectivity index (χ0) is 13.8. The van der Waals surface area contributed by atoms with E-state index in [2.05, 4.69) is 38.3 Å². The van der Waals surface area contributed by atoms with Crippen molar-refractivity contribution in [2.75, 3.05) is 17.2 Å². The Morgan fingerprint density at radius 1 is 1.28 bits per heavy atom. The molecule has 100 valence electrons. The van der Waals surface area contributed by atoms with Crippen molar-refractivity contribution in [3.8, 4) is 0 Å². The highest BCUT2D eigenvalue weighted by atomic mass is 16.1. The van der Waals surface area contributed by atoms with E-state index in [0.29, 0.717) is 5.41 Å². The van der Waals surface area contributed by atoms with Crippen LogP contribution in [0.3, 0.4) is 0 Å². The fourth-order valence-corrected chi connectivity index (χ4v) is 1.67. The van der Waals surface area contributed by atoms with E-state index in [1.165, 1.54) is 12.5 Å². The number of hydrogen-bond donors (Lipinski definition) is 2. The summed E-state index contributed by atoms with van der Waals surface area (Å²) in [5.41, 5.74) is 3.45. The number of rotatable bonds is 4. The molecule has 0 saturated carbocycles. The van der Waals surface area contributed by atoms with Crippen molar-refractivity contribution >= 4 is 17.3 Å². The molecule has 0 aliphatic carbocycles. The highest BCUT2D eigenvalue weighted by Gasteiger charge is 2.09. The number of hydrogen-bond acceptors (Lipinski definition) is 2. The summed E-state index contributed by atoms with van der Waals surface area (Å²) in [4.78, 5) is 11.0. The van der Waals surface area contributed by atoms with Gasteiger partial charge in [0.05, 0.1) is 0 Å². The van der Waals surface area contributed by atoms with Gasteiger partial charge in [0.25, 0.3) is 0 Å². The lowest BCUT2D eigenvalue weighted by Gasteiger charge is -2.19. The van der Waals surface area contributed by atoms with Gasteiger partial charge in [-0.3, -0.25) is 4.79 Å². The number of amides is 1. The molecule has 0 bridgehead atoms. The van der Waals surface area contributed by atoms with E-state index in [1.807, 2.05) is 18.2 Å². The fraction of sp³-hybridized carbons (Fsp3) is 0.533. The Hall–Kier alpha value is -1.51. The van der Waals surface area contributed by atoms with Crippen molar-refractivity contribution in [1.29, 1.82) is 0 Å². The van der Waals surface area contributed by atoms with Gasteiger partial charge in [-0.15, -0.1) is 0 Å². The second kappa shape index (κ2) is 5.89. The highest BCUT2D eigenvalue weighted by Crippen LogP contribution is 2.22. The second-order valence-corrected chi connectivity index (χ2v) is 5.95. The molecule has 0 atom stereocenters. The van der Waals surface area contributed by atoms with Crippen LogP contribution in [0.5, 0.6) is 0 Å². The number of anilines is 2. The molecule has 0 spiro atoms. The Labute approximate surface area is 110 Å². The maximum absolute atomic E-state index is 11.0. The summed E-state index contributed by atoms with van der Waals surface area (Å²) < 4.78 is 0. The van der Waals surface area contributed by atoms with E-state index in [0.717, 1.165) is 24.3 Å². The van der Waals surface area contributed by atoms with Crippen LogP contribution in [-0.4, -0.2) is 12.5 Å². The van der Waals surface area contributed by atoms with Crippen molar-refractivity contribution in [2.24, 2.45) is 5.41 Å². The maximum Gasteiger partial charge on any atom is 0.221 e. The molecule has 0 fully saturated rings. The molecule has 0 aromatic heterocycles. The van der Waals surface area contributed by atoms with Crippen LogP contribution in [0.1, 0.15) is 39.7 Å². The molecule has 3 nitrogen and oxygen atoms in total. The first kappa shape index (κ1) is 14.6. The zero-order valence-electron chi connectivity index (χ0n) is 12.1. The molecular weight excluding hydrogens is 224 g/mol. The van der Waals surface area contributed by atoms with Gasteiger partial charge in [-0.25, -0.2) is 0 Å². The molecule has 1 aromatic carbocycles. The summed E-state index contributed by atoms with van der Waals surface area (Å²) in [7, 11) is 0. The third-order valence-electron chi connectivity index (χ3n) is 2.75. The van der Waals surface area contributed by atoms with E-state index >= 15 is 0 Å². The van der Waals surface area contributed by atoms with Crippen LogP contribution in [-0.2, 0) is 4.79 Å². The Balaban J connectivity index is 2.66. The van der Waals surface area contributed by atoms with E-state index in [4.69, 9.17) is 0 Å². The number of carbonyl (C=O) groups excluding carboxylic acids is 1. The fourth-order valence-electron chi connectivity index (χ4n) is 1.67. The minimum Gasteiger partial charge on any atom is -0.385 e. The number of nitrogens with one attached hydrogen (secondary N) is 2. The van der Waals surface area contributed by atoms with E-state index in [1.54, 1.807) is 0 Å². The second-order valence-electron chi connectivity index (χ2n) is 5.95. The molecule has 0 aliphatic heterocycles. The van der Waals surface area contributed by atoms with Crippen LogP contribution in [0.15, 0.2) is 18.2 Å². The van der Waals surface area contributed by atoms with E-state index in [-0.39, 0.29) is 5.91 Å². The Morgan fingerprint density at radius 2 is 1.94 bits per heavy atom. The van der Waals surface area contributed by atoms with E-state index in [9.17, 15) is 4.79 Å². The van der Waals surface area contributed by atoms with Gasteiger partial charge in [0.15, 0.2) is 0 Å². The minimum absolute atomic E-state index is 0.0421. The third kappa shape index (κ3) is 5.21. The number of benzene rings is 1. The predicted molar refractivity (Wildman–Crippen MR) is 78.0 cm³/mol. The third-order valence-corrected chi connectivity index (χ3v) is 2.75. The molecule has 1 aromatic rings. The average Bonchev–Trinajstić information content (AvgIpc) is 2.20. The van der Waals surface area contributed by atoms with Crippen LogP contribution in [0.2, 0.25) is 0 Å². The minimum atomic E-state index is -0.0421. The summed E-state index contributed by atoms with van der Waals surface area (Å²) in [5, 5.41) is 6.23. The Bertz CT molecular complexity index is 419. The molecule has 1 rings (SSSR count). The summed E-state index contributed by atoms with van der Waals surface area (Å²) in [6.45, 7) is 11.2. The summed E-state index contributed by atoms with van der Waals surface area (Å²) in [6.07, 6.45) is 1.11. The quantitative estimate of drug-likeness (QED) is 0.851. The smallest absolute Gasteiger partial charge is 0.221 e. The Morgan fingerprint density at radius 3 is 2.50 bits per heavy atom. The normalized spacial score (nSPS) is 11.2. The summed E-state index contributed by atoms with van der Waals surface area (Å²) >= 11 is 0. The SMILES string of the molecule is CC(=O)Nc1ccc(C)c(NCCC(C)(C)C)c1. The average molecular weight is 248 g/mol. The standard InChI is InChI=1S/C15H24N2O/c1-11-6-7-13(17-12(2)18)10-14(11)16-9-8-15(3,4)5/h6-7,10,16H,8-9H2,1-5H3,(H,17,18). The van der Waals surface area contributed by atoms with Gasteiger partial charge in [-0.1, -0.05) is 26.8 Å². The number of aryl methyl sites for hydroxylation is 1. The monoisotopic (exact) mass is 248 g/mol. The summed E-state index contributed by atoms with van der Waals surface area (Å²) in [6, 6.07) is 5.93. The molecule has 0 unspecified atom stereocenters. The molecule has 2 N–H and O–H groups in total. The van der Waals surface area contributed by atoms with Crippen LogP contribution in [0, 0.1) is 12.3 Å². The van der Waals surface area contributed by atoms with Crippen LogP contribution < -0.4 is 10.6 Å². The van der Waals surface area contributed by atoms with Crippen LogP contribution in [0.4, 0.5) is 11.4 Å². The molecule has 0 heterocycles. The van der Waals surface area contributed by atoms with E-state index < -0.39 is 0 Å². The molecule has 18 heavy (non-hydrogen) atoms. The summed E-state index contributed by atoms with van der Waals surface area (Å²) in [5.74, 6) is -0.0421. The van der Waals surface area contributed by atoms with Gasteiger partial charge in [0.1, 0.15) is 0 Å². The first-order chi connectivity index (χ1) is 8.28. The lowest BCUT2D eigenvalue weighted by atomic mass is 9.92. The van der Waals surface area contributed by atoms with Crippen molar-refractivity contribution in [2.45, 2.75) is 41.0 Å². The first-order valence-corrected chi connectivity index (χ1v) is 6.40. The largest absolute Gasteiger partial charge is 0.385 e. The first-order valence-electron chi connectivity index (χ1n) is 6.40. The van der Waals surface area contributed by atoms with Crippen LogP contribution in [0.25, 0.3) is 0 Å². The predicted octanol–water partition coefficient (Wildman–Crippen LogP) is 3.80. The molecule has 3 heteroatoms. The molecular formula is C15H24N2O. The topological polar surface area (TPSA) is 41.1 Å². The van der Waals surface area contributed by atoms with Crippen molar-refractivity contribution in [1.82, 2.24) is 0 Å². The number of carbonyl (C=O) groups is 1. The molecule has 0 saturated heterocycles. The molecule has 0 aliphatic rings. The maximum atomic E-state index is 11.0. The van der Waals surface area contributed by atoms with Gasteiger partial charge >= 0.3 is 0 Å². The molecule has 1 amide bonds. The lowest BCUT2D eigenvalue weighted by Crippen LogP contribution is -2.13. The zero-order valence-corrected chi connectivity index (χ0v) is 12.1. The van der Waals surface area contributed by atoms with Gasteiger partial charge in [-0.2, -0.15) is 0 Å². The van der Waals surface area contributed by atoms with Crippen molar-refractivity contribution in [3.63, 3.8) is 0 Å².